The third kappa shape index (κ3) is 2.02. The lowest BCUT2D eigenvalue weighted by Crippen LogP contribution is -2.21. The predicted octanol–water partition coefficient (Wildman–Crippen LogP) is 3.61. The first-order valence-corrected chi connectivity index (χ1v) is 6.92. The number of nitrogens with zero attached hydrogens (tertiary/aromatic N) is 1. The molecule has 98 valence electrons. The summed E-state index contributed by atoms with van der Waals surface area (Å²) >= 11 is 0. The van der Waals surface area contributed by atoms with E-state index in [1.165, 1.54) is 27.4 Å². The number of aryl methyl sites for hydroxylation is 1. The van der Waals surface area contributed by atoms with Crippen LogP contribution in [0, 0.1) is 0 Å². The van der Waals surface area contributed by atoms with Crippen molar-refractivity contribution in [1.82, 2.24) is 4.57 Å². The maximum atomic E-state index is 6.06. The van der Waals surface area contributed by atoms with Gasteiger partial charge >= 0.3 is 0 Å². The number of aromatic nitrogens is 1. The van der Waals surface area contributed by atoms with Crippen LogP contribution in [0.4, 0.5) is 0 Å². The summed E-state index contributed by atoms with van der Waals surface area (Å²) in [6.07, 6.45) is 1.97. The molecule has 2 N–H and O–H groups in total. The second kappa shape index (κ2) is 4.71. The summed E-state index contributed by atoms with van der Waals surface area (Å²) in [7, 11) is 2.13. The van der Waals surface area contributed by atoms with E-state index < -0.39 is 0 Å². The molecule has 19 heavy (non-hydrogen) atoms. The lowest BCUT2D eigenvalue weighted by atomic mass is 10.0. The Morgan fingerprint density at radius 1 is 1.05 bits per heavy atom. The SMILES string of the molecule is CCC(N)Cc1ccc2c3ccccc3n(C)c2c1. The summed E-state index contributed by atoms with van der Waals surface area (Å²) in [6.45, 7) is 2.14. The summed E-state index contributed by atoms with van der Waals surface area (Å²) in [6, 6.07) is 15.5. The van der Waals surface area contributed by atoms with Crippen molar-refractivity contribution in [3.8, 4) is 0 Å². The number of nitrogens with two attached hydrogens (primary N) is 1. The summed E-state index contributed by atoms with van der Waals surface area (Å²) in [5, 5.41) is 2.65. The highest BCUT2D eigenvalue weighted by Crippen LogP contribution is 2.28. The lowest BCUT2D eigenvalue weighted by Gasteiger charge is -2.09. The number of fused-ring (bicyclic) bond motifs is 3. The van der Waals surface area contributed by atoms with Gasteiger partial charge in [-0.15, -0.1) is 0 Å². The number of hydrogen-bond donors (Lipinski definition) is 1. The van der Waals surface area contributed by atoms with Crippen LogP contribution in [0.25, 0.3) is 21.8 Å². The van der Waals surface area contributed by atoms with Gasteiger partial charge in [0, 0.05) is 34.9 Å². The molecule has 3 rings (SSSR count). The van der Waals surface area contributed by atoms with Crippen molar-refractivity contribution in [2.75, 3.05) is 0 Å². The molecule has 0 aliphatic rings. The maximum Gasteiger partial charge on any atom is 0.0491 e. The number of para-hydroxylation sites is 1. The zero-order valence-corrected chi connectivity index (χ0v) is 11.6. The van der Waals surface area contributed by atoms with Gasteiger partial charge in [-0.1, -0.05) is 37.3 Å². The Morgan fingerprint density at radius 3 is 2.58 bits per heavy atom. The van der Waals surface area contributed by atoms with Gasteiger partial charge < -0.3 is 10.3 Å². The standard InChI is InChI=1S/C17H20N2/c1-3-13(18)10-12-8-9-15-14-6-4-5-7-16(14)19(2)17(15)11-12/h4-9,11,13H,3,10,18H2,1-2H3. The monoisotopic (exact) mass is 252 g/mol. The Labute approximate surface area is 113 Å². The smallest absolute Gasteiger partial charge is 0.0491 e. The third-order valence-electron chi connectivity index (χ3n) is 4.00. The molecule has 0 spiro atoms. The zero-order valence-electron chi connectivity index (χ0n) is 11.6. The molecule has 1 aromatic heterocycles. The molecule has 0 saturated heterocycles. The van der Waals surface area contributed by atoms with Gasteiger partial charge in [-0.05, 0) is 30.5 Å². The lowest BCUT2D eigenvalue weighted by molar-refractivity contribution is 0.646. The highest BCUT2D eigenvalue weighted by molar-refractivity contribution is 6.08. The van der Waals surface area contributed by atoms with E-state index in [0.717, 1.165) is 12.8 Å². The van der Waals surface area contributed by atoms with Gasteiger partial charge in [-0.3, -0.25) is 0 Å². The van der Waals surface area contributed by atoms with Gasteiger partial charge in [0.25, 0.3) is 0 Å². The minimum Gasteiger partial charge on any atom is -0.344 e. The van der Waals surface area contributed by atoms with Crippen LogP contribution in [-0.4, -0.2) is 10.6 Å². The van der Waals surface area contributed by atoms with Crippen molar-refractivity contribution in [2.24, 2.45) is 12.8 Å². The van der Waals surface area contributed by atoms with E-state index in [0.29, 0.717) is 0 Å². The maximum absolute atomic E-state index is 6.06. The van der Waals surface area contributed by atoms with Crippen LogP contribution in [0.15, 0.2) is 42.5 Å². The van der Waals surface area contributed by atoms with E-state index in [1.54, 1.807) is 0 Å². The van der Waals surface area contributed by atoms with E-state index in [-0.39, 0.29) is 6.04 Å². The molecule has 3 aromatic rings. The van der Waals surface area contributed by atoms with Gasteiger partial charge in [-0.25, -0.2) is 0 Å². The summed E-state index contributed by atoms with van der Waals surface area (Å²) < 4.78 is 2.27. The molecule has 1 atom stereocenters. The molecule has 0 aliphatic carbocycles. The van der Waals surface area contributed by atoms with Gasteiger partial charge in [0.05, 0.1) is 0 Å². The molecule has 0 aliphatic heterocycles. The van der Waals surface area contributed by atoms with Gasteiger partial charge in [0.15, 0.2) is 0 Å². The number of rotatable bonds is 3. The molecule has 1 heterocycles. The molecular weight excluding hydrogens is 232 g/mol. The van der Waals surface area contributed by atoms with E-state index >= 15 is 0 Å². The Morgan fingerprint density at radius 2 is 1.79 bits per heavy atom. The molecule has 2 heteroatoms. The second-order valence-corrected chi connectivity index (χ2v) is 5.30. The highest BCUT2D eigenvalue weighted by atomic mass is 14.9. The van der Waals surface area contributed by atoms with E-state index in [1.807, 2.05) is 0 Å². The number of benzene rings is 2. The fraction of sp³-hybridized carbons (Fsp3) is 0.294. The Hall–Kier alpha value is -1.80. The normalized spacial score (nSPS) is 13.2. The Balaban J connectivity index is 2.18. The molecular formula is C17H20N2. The topological polar surface area (TPSA) is 30.9 Å². The molecule has 0 radical (unpaired) electrons. The van der Waals surface area contributed by atoms with Gasteiger partial charge in [-0.2, -0.15) is 0 Å². The Bertz CT molecular complexity index is 725. The first-order valence-electron chi connectivity index (χ1n) is 6.92. The van der Waals surface area contributed by atoms with Gasteiger partial charge in [0.1, 0.15) is 0 Å². The highest BCUT2D eigenvalue weighted by Gasteiger charge is 2.09. The zero-order chi connectivity index (χ0) is 13.4. The molecule has 1 unspecified atom stereocenters. The van der Waals surface area contributed by atoms with Crippen LogP contribution in [-0.2, 0) is 13.5 Å². The van der Waals surface area contributed by atoms with E-state index in [2.05, 4.69) is 61.0 Å². The minimum absolute atomic E-state index is 0.257. The van der Waals surface area contributed by atoms with E-state index in [9.17, 15) is 0 Å². The van der Waals surface area contributed by atoms with Crippen LogP contribution < -0.4 is 5.73 Å². The number of hydrogen-bond acceptors (Lipinski definition) is 1. The first-order chi connectivity index (χ1) is 9.20. The summed E-state index contributed by atoms with van der Waals surface area (Å²) in [5.41, 5.74) is 9.96. The average Bonchev–Trinajstić information content (AvgIpc) is 2.73. The first kappa shape index (κ1) is 12.2. The van der Waals surface area contributed by atoms with Crippen LogP contribution in [0.1, 0.15) is 18.9 Å². The van der Waals surface area contributed by atoms with Crippen molar-refractivity contribution in [2.45, 2.75) is 25.8 Å². The van der Waals surface area contributed by atoms with Crippen molar-refractivity contribution >= 4 is 21.8 Å². The van der Waals surface area contributed by atoms with Crippen LogP contribution in [0.3, 0.4) is 0 Å². The summed E-state index contributed by atoms with van der Waals surface area (Å²) in [4.78, 5) is 0. The molecule has 2 aromatic carbocycles. The minimum atomic E-state index is 0.257. The second-order valence-electron chi connectivity index (χ2n) is 5.30. The molecule has 0 amide bonds. The predicted molar refractivity (Wildman–Crippen MR) is 82.4 cm³/mol. The fourth-order valence-electron chi connectivity index (χ4n) is 2.78. The third-order valence-corrected chi connectivity index (χ3v) is 4.00. The van der Waals surface area contributed by atoms with Gasteiger partial charge in [0.2, 0.25) is 0 Å². The molecule has 0 bridgehead atoms. The molecule has 0 fully saturated rings. The van der Waals surface area contributed by atoms with Crippen LogP contribution >= 0.6 is 0 Å². The van der Waals surface area contributed by atoms with Crippen molar-refractivity contribution in [1.29, 1.82) is 0 Å². The molecule has 2 nitrogen and oxygen atoms in total. The quantitative estimate of drug-likeness (QED) is 0.758. The summed E-state index contributed by atoms with van der Waals surface area (Å²) in [5.74, 6) is 0. The van der Waals surface area contributed by atoms with Crippen molar-refractivity contribution < 1.29 is 0 Å². The average molecular weight is 252 g/mol. The van der Waals surface area contributed by atoms with Crippen molar-refractivity contribution in [3.05, 3.63) is 48.0 Å². The van der Waals surface area contributed by atoms with E-state index in [4.69, 9.17) is 5.73 Å². The van der Waals surface area contributed by atoms with Crippen LogP contribution in [0.5, 0.6) is 0 Å². The Kier molecular flexibility index (Phi) is 3.03. The fourth-order valence-corrected chi connectivity index (χ4v) is 2.78. The largest absolute Gasteiger partial charge is 0.344 e. The van der Waals surface area contributed by atoms with Crippen molar-refractivity contribution in [3.63, 3.8) is 0 Å². The van der Waals surface area contributed by atoms with Crippen LogP contribution in [0.2, 0.25) is 0 Å². The molecule has 0 saturated carbocycles.